The number of esters is 1. The van der Waals surface area contributed by atoms with Gasteiger partial charge in [-0.25, -0.2) is 14.2 Å². The zero-order chi connectivity index (χ0) is 16.3. The van der Waals surface area contributed by atoms with E-state index in [0.29, 0.717) is 24.6 Å². The molecule has 1 N–H and O–H groups in total. The summed E-state index contributed by atoms with van der Waals surface area (Å²) in [5.74, 6) is -0.586. The largest absolute Gasteiger partial charge is 0.465 e. The molecule has 0 aliphatic carbocycles. The van der Waals surface area contributed by atoms with E-state index >= 15 is 0 Å². The monoisotopic (exact) mass is 324 g/mol. The van der Waals surface area contributed by atoms with Crippen molar-refractivity contribution in [2.24, 2.45) is 0 Å². The van der Waals surface area contributed by atoms with Crippen molar-refractivity contribution >= 4 is 25.1 Å². The standard InChI is InChI=1S/C15H21FN2O3Si/c1-20-15(19)10-7-11(16)14-12(8-10)17-13(18-14)9-21-5-6-22(2,3)4/h7-8H,5-6,9H2,1-4H3,(H,17,18). The number of methoxy groups -OCH3 is 1. The Kier molecular flexibility index (Phi) is 4.97. The fourth-order valence-electron chi connectivity index (χ4n) is 1.98. The Morgan fingerprint density at radius 1 is 1.36 bits per heavy atom. The van der Waals surface area contributed by atoms with E-state index in [2.05, 4.69) is 34.3 Å². The summed E-state index contributed by atoms with van der Waals surface area (Å²) in [5, 5.41) is 0. The number of nitrogens with one attached hydrogen (secondary N) is 1. The topological polar surface area (TPSA) is 64.2 Å². The molecule has 22 heavy (non-hydrogen) atoms. The summed E-state index contributed by atoms with van der Waals surface area (Å²) in [4.78, 5) is 18.6. The number of aromatic nitrogens is 2. The second-order valence-electron chi connectivity index (χ2n) is 6.39. The van der Waals surface area contributed by atoms with Crippen LogP contribution in [-0.4, -0.2) is 37.7 Å². The number of halogens is 1. The van der Waals surface area contributed by atoms with Crippen molar-refractivity contribution in [3.8, 4) is 0 Å². The number of carbonyl (C=O) groups is 1. The fraction of sp³-hybridized carbons (Fsp3) is 0.467. The molecule has 0 aliphatic rings. The van der Waals surface area contributed by atoms with Gasteiger partial charge >= 0.3 is 5.97 Å². The van der Waals surface area contributed by atoms with Gasteiger partial charge in [-0.05, 0) is 18.2 Å². The Labute approximate surface area is 129 Å². The summed E-state index contributed by atoms with van der Waals surface area (Å²) >= 11 is 0. The van der Waals surface area contributed by atoms with Crippen LogP contribution in [0.3, 0.4) is 0 Å². The summed E-state index contributed by atoms with van der Waals surface area (Å²) < 4.78 is 24.2. The molecular weight excluding hydrogens is 303 g/mol. The molecule has 1 aromatic carbocycles. The van der Waals surface area contributed by atoms with Crippen molar-refractivity contribution in [3.05, 3.63) is 29.3 Å². The van der Waals surface area contributed by atoms with Crippen molar-refractivity contribution in [1.82, 2.24) is 9.97 Å². The summed E-state index contributed by atoms with van der Waals surface area (Å²) in [7, 11) is 0.132. The number of rotatable bonds is 6. The van der Waals surface area contributed by atoms with E-state index in [1.54, 1.807) is 0 Å². The molecular formula is C15H21FN2O3Si. The molecule has 0 spiro atoms. The van der Waals surface area contributed by atoms with Crippen molar-refractivity contribution < 1.29 is 18.7 Å². The lowest BCUT2D eigenvalue weighted by atomic mass is 10.2. The number of nitrogens with zero attached hydrogens (tertiary/aromatic N) is 1. The number of imidazole rings is 1. The highest BCUT2D eigenvalue weighted by Crippen LogP contribution is 2.19. The maximum atomic E-state index is 14.0. The van der Waals surface area contributed by atoms with E-state index in [0.717, 1.165) is 12.1 Å². The quantitative estimate of drug-likeness (QED) is 0.503. The highest BCUT2D eigenvalue weighted by Gasteiger charge is 2.15. The first-order valence-corrected chi connectivity index (χ1v) is 10.8. The van der Waals surface area contributed by atoms with Crippen molar-refractivity contribution in [2.75, 3.05) is 13.7 Å². The molecule has 2 rings (SSSR count). The Balaban J connectivity index is 2.10. The molecule has 0 radical (unpaired) electrons. The number of ether oxygens (including phenoxy) is 2. The summed E-state index contributed by atoms with van der Waals surface area (Å²) in [6.07, 6.45) is 0. The average Bonchev–Trinajstić information content (AvgIpc) is 2.85. The molecule has 7 heteroatoms. The molecule has 0 amide bonds. The van der Waals surface area contributed by atoms with Gasteiger partial charge in [0.15, 0.2) is 5.82 Å². The van der Waals surface area contributed by atoms with Gasteiger partial charge in [0.1, 0.15) is 17.9 Å². The van der Waals surface area contributed by atoms with E-state index in [-0.39, 0.29) is 11.1 Å². The Morgan fingerprint density at radius 2 is 2.09 bits per heavy atom. The summed E-state index contributed by atoms with van der Waals surface area (Å²) in [6.45, 7) is 7.80. The number of hydrogen-bond acceptors (Lipinski definition) is 4. The van der Waals surface area contributed by atoms with Gasteiger partial charge < -0.3 is 14.5 Å². The molecule has 120 valence electrons. The molecule has 0 saturated carbocycles. The molecule has 1 aromatic heterocycles. The third kappa shape index (κ3) is 4.14. The number of H-pyrrole nitrogens is 1. The van der Waals surface area contributed by atoms with Gasteiger partial charge in [0.2, 0.25) is 0 Å². The van der Waals surface area contributed by atoms with Crippen molar-refractivity contribution in [1.29, 1.82) is 0 Å². The molecule has 2 aromatic rings. The lowest BCUT2D eigenvalue weighted by molar-refractivity contribution is 0.0600. The predicted octanol–water partition coefficient (Wildman–Crippen LogP) is 3.34. The second-order valence-corrected chi connectivity index (χ2v) is 12.0. The third-order valence-electron chi connectivity index (χ3n) is 3.25. The minimum atomic E-state index is -1.13. The van der Waals surface area contributed by atoms with Crippen LogP contribution in [0.1, 0.15) is 16.2 Å². The average molecular weight is 324 g/mol. The van der Waals surface area contributed by atoms with E-state index in [1.165, 1.54) is 13.2 Å². The van der Waals surface area contributed by atoms with Crippen LogP contribution >= 0.6 is 0 Å². The molecule has 0 aliphatic heterocycles. The first kappa shape index (κ1) is 16.6. The summed E-state index contributed by atoms with van der Waals surface area (Å²) in [6, 6.07) is 3.72. The third-order valence-corrected chi connectivity index (χ3v) is 4.95. The number of carbonyl (C=O) groups excluding carboxylic acids is 1. The van der Waals surface area contributed by atoms with Gasteiger partial charge in [-0.2, -0.15) is 0 Å². The Bertz CT molecular complexity index is 679. The minimum Gasteiger partial charge on any atom is -0.465 e. The molecule has 5 nitrogen and oxygen atoms in total. The van der Waals surface area contributed by atoms with Crippen LogP contribution < -0.4 is 0 Å². The van der Waals surface area contributed by atoms with Crippen LogP contribution in [0, 0.1) is 5.82 Å². The first-order chi connectivity index (χ1) is 10.3. The number of hydrogen-bond donors (Lipinski definition) is 1. The maximum absolute atomic E-state index is 14.0. The van der Waals surface area contributed by atoms with Crippen molar-refractivity contribution in [2.45, 2.75) is 32.3 Å². The number of aromatic amines is 1. The van der Waals surface area contributed by atoms with E-state index < -0.39 is 19.9 Å². The molecule has 0 unspecified atom stereocenters. The van der Waals surface area contributed by atoms with Crippen LogP contribution in [0.25, 0.3) is 11.0 Å². The van der Waals surface area contributed by atoms with E-state index in [4.69, 9.17) is 4.74 Å². The predicted molar refractivity (Wildman–Crippen MR) is 85.2 cm³/mol. The first-order valence-electron chi connectivity index (χ1n) is 7.14. The van der Waals surface area contributed by atoms with Crippen LogP contribution in [0.15, 0.2) is 12.1 Å². The van der Waals surface area contributed by atoms with E-state index in [9.17, 15) is 9.18 Å². The van der Waals surface area contributed by atoms with Gasteiger partial charge in [-0.1, -0.05) is 19.6 Å². The molecule has 0 fully saturated rings. The lowest BCUT2D eigenvalue weighted by Gasteiger charge is -2.14. The molecule has 1 heterocycles. The smallest absolute Gasteiger partial charge is 0.338 e. The fourth-order valence-corrected chi connectivity index (χ4v) is 2.73. The molecule has 0 bridgehead atoms. The van der Waals surface area contributed by atoms with E-state index in [1.807, 2.05) is 0 Å². The molecule has 0 atom stereocenters. The van der Waals surface area contributed by atoms with Crippen LogP contribution in [-0.2, 0) is 16.1 Å². The van der Waals surface area contributed by atoms with Crippen LogP contribution in [0.2, 0.25) is 25.7 Å². The van der Waals surface area contributed by atoms with Crippen molar-refractivity contribution in [3.63, 3.8) is 0 Å². The lowest BCUT2D eigenvalue weighted by Crippen LogP contribution is -2.21. The van der Waals surface area contributed by atoms with Gasteiger partial charge in [-0.3, -0.25) is 0 Å². The molecule has 0 saturated heterocycles. The zero-order valence-electron chi connectivity index (χ0n) is 13.3. The van der Waals surface area contributed by atoms with Gasteiger partial charge in [-0.15, -0.1) is 0 Å². The minimum absolute atomic E-state index is 0.155. The maximum Gasteiger partial charge on any atom is 0.338 e. The summed E-state index contributed by atoms with van der Waals surface area (Å²) in [5.41, 5.74) is 0.822. The van der Waals surface area contributed by atoms with Gasteiger partial charge in [0.25, 0.3) is 0 Å². The highest BCUT2D eigenvalue weighted by atomic mass is 28.3. The SMILES string of the molecule is COC(=O)c1cc(F)c2nc(COCC[Si](C)(C)C)[nH]c2c1. The number of fused-ring (bicyclic) bond motifs is 1. The highest BCUT2D eigenvalue weighted by molar-refractivity contribution is 6.76. The Hall–Kier alpha value is -1.73. The normalized spacial score (nSPS) is 11.9. The van der Waals surface area contributed by atoms with Crippen LogP contribution in [0.5, 0.6) is 0 Å². The zero-order valence-corrected chi connectivity index (χ0v) is 14.3. The Morgan fingerprint density at radius 3 is 2.73 bits per heavy atom. The van der Waals surface area contributed by atoms with Crippen LogP contribution in [0.4, 0.5) is 4.39 Å². The van der Waals surface area contributed by atoms with Gasteiger partial charge in [0, 0.05) is 14.7 Å². The second kappa shape index (κ2) is 6.58. The number of benzene rings is 1. The van der Waals surface area contributed by atoms with Gasteiger partial charge in [0.05, 0.1) is 18.2 Å².